The fourth-order valence-electron chi connectivity index (χ4n) is 3.60. The third-order valence-electron chi connectivity index (χ3n) is 5.10. The zero-order valence-corrected chi connectivity index (χ0v) is 14.6. The van der Waals surface area contributed by atoms with Crippen molar-refractivity contribution in [2.24, 2.45) is 0 Å². The van der Waals surface area contributed by atoms with Gasteiger partial charge in [0.2, 0.25) is 5.95 Å². The zero-order valence-electron chi connectivity index (χ0n) is 14.6. The average Bonchev–Trinajstić information content (AvgIpc) is 3.40. The topological polar surface area (TPSA) is 103 Å². The molecule has 2 aromatic heterocycles. The minimum atomic E-state index is -0.332. The molecule has 1 saturated heterocycles. The van der Waals surface area contributed by atoms with E-state index in [0.717, 1.165) is 38.0 Å². The Kier molecular flexibility index (Phi) is 3.66. The molecule has 2 fully saturated rings. The van der Waals surface area contributed by atoms with Crippen molar-refractivity contribution in [3.8, 4) is 0 Å². The molecule has 9 nitrogen and oxygen atoms in total. The maximum Gasteiger partial charge on any atom is 0.330 e. The fourth-order valence-corrected chi connectivity index (χ4v) is 3.60. The second kappa shape index (κ2) is 6.19. The normalized spacial score (nSPS) is 20.2. The summed E-state index contributed by atoms with van der Waals surface area (Å²) in [4.78, 5) is 41.9. The second-order valence-electron chi connectivity index (χ2n) is 7.05. The van der Waals surface area contributed by atoms with Crippen LogP contribution in [0.4, 0.5) is 22.2 Å². The number of aromatic nitrogens is 3. The molecule has 2 N–H and O–H groups in total. The largest absolute Gasteiger partial charge is 0.366 e. The van der Waals surface area contributed by atoms with E-state index in [1.54, 1.807) is 29.4 Å². The molecular weight excluding hydrogens is 346 g/mol. The standard InChI is InChI=1S/C18H19N7O2/c26-16(21-11-2-3-11)13-4-5-14-15(22-13)25(12-6-9-24(14)10-12)18(27)23-17-19-7-1-8-20-17/h1,4-5,7-8,11-12H,2-3,6,9-10H2,(H,21,26)(H,19,20,23,27)/t12-/m0/s1. The summed E-state index contributed by atoms with van der Waals surface area (Å²) in [5.74, 6) is 0.563. The Morgan fingerprint density at radius 2 is 1.93 bits per heavy atom. The Bertz CT molecular complexity index is 900. The molecule has 2 aromatic rings. The number of anilines is 3. The third kappa shape index (κ3) is 2.94. The van der Waals surface area contributed by atoms with Gasteiger partial charge in [-0.15, -0.1) is 0 Å². The monoisotopic (exact) mass is 365 g/mol. The van der Waals surface area contributed by atoms with Crippen molar-refractivity contribution in [3.05, 3.63) is 36.3 Å². The lowest BCUT2D eigenvalue weighted by molar-refractivity contribution is 0.0946. The number of nitrogens with one attached hydrogen (secondary N) is 2. The summed E-state index contributed by atoms with van der Waals surface area (Å²) in [5, 5.41) is 5.68. The van der Waals surface area contributed by atoms with E-state index in [2.05, 4.69) is 30.5 Å². The van der Waals surface area contributed by atoms with Gasteiger partial charge in [0.25, 0.3) is 5.91 Å². The number of hydrogen-bond donors (Lipinski definition) is 2. The summed E-state index contributed by atoms with van der Waals surface area (Å²) in [5.41, 5.74) is 1.20. The first kappa shape index (κ1) is 16.0. The smallest absolute Gasteiger partial charge is 0.330 e. The Hall–Kier alpha value is -3.23. The second-order valence-corrected chi connectivity index (χ2v) is 7.05. The van der Waals surface area contributed by atoms with Crippen molar-refractivity contribution < 1.29 is 9.59 Å². The molecule has 27 heavy (non-hydrogen) atoms. The fraction of sp³-hybridized carbons (Fsp3) is 0.389. The van der Waals surface area contributed by atoms with E-state index in [1.165, 1.54) is 0 Å². The maximum atomic E-state index is 13.0. The third-order valence-corrected chi connectivity index (χ3v) is 5.10. The first-order valence-electron chi connectivity index (χ1n) is 9.13. The average molecular weight is 365 g/mol. The predicted octanol–water partition coefficient (Wildman–Crippen LogP) is 1.39. The van der Waals surface area contributed by atoms with Crippen molar-refractivity contribution in [2.75, 3.05) is 28.2 Å². The van der Waals surface area contributed by atoms with Crippen molar-refractivity contribution in [1.82, 2.24) is 20.3 Å². The molecule has 0 spiro atoms. The molecular formula is C18H19N7O2. The van der Waals surface area contributed by atoms with E-state index >= 15 is 0 Å². The SMILES string of the molecule is O=C(NC1CC1)c1ccc2c(n1)N(C(=O)Nc1ncccn1)[C@H]1CCN2C1. The van der Waals surface area contributed by atoms with E-state index in [9.17, 15) is 9.59 Å². The van der Waals surface area contributed by atoms with Crippen LogP contribution < -0.4 is 20.4 Å². The van der Waals surface area contributed by atoms with Crippen molar-refractivity contribution in [3.63, 3.8) is 0 Å². The van der Waals surface area contributed by atoms with Crippen LogP contribution in [0.5, 0.6) is 0 Å². The molecule has 2 aliphatic heterocycles. The summed E-state index contributed by atoms with van der Waals surface area (Å²) >= 11 is 0. The molecule has 0 radical (unpaired) electrons. The van der Waals surface area contributed by atoms with Gasteiger partial charge in [0.1, 0.15) is 5.69 Å². The first-order chi connectivity index (χ1) is 13.2. The lowest BCUT2D eigenvalue weighted by Gasteiger charge is -2.35. The van der Waals surface area contributed by atoms with E-state index < -0.39 is 0 Å². The molecule has 5 rings (SSSR count). The summed E-state index contributed by atoms with van der Waals surface area (Å²) in [6, 6.07) is 5.23. The van der Waals surface area contributed by atoms with Gasteiger partial charge in [-0.25, -0.2) is 19.7 Å². The number of carbonyl (C=O) groups is 2. The van der Waals surface area contributed by atoms with E-state index in [1.807, 2.05) is 6.07 Å². The summed E-state index contributed by atoms with van der Waals surface area (Å²) in [6.07, 6.45) is 6.02. The predicted molar refractivity (Wildman–Crippen MR) is 98.9 cm³/mol. The quantitative estimate of drug-likeness (QED) is 0.852. The molecule has 2 bridgehead atoms. The highest BCUT2D eigenvalue weighted by Gasteiger charge is 2.40. The van der Waals surface area contributed by atoms with Gasteiger partial charge in [-0.05, 0) is 37.5 Å². The van der Waals surface area contributed by atoms with Crippen LogP contribution in [-0.2, 0) is 0 Å². The van der Waals surface area contributed by atoms with E-state index in [-0.39, 0.29) is 30.0 Å². The van der Waals surface area contributed by atoms with Crippen LogP contribution in [0.15, 0.2) is 30.6 Å². The number of hydrogen-bond acceptors (Lipinski definition) is 6. The molecule has 3 aliphatic rings. The molecule has 138 valence electrons. The summed E-state index contributed by atoms with van der Waals surface area (Å²) < 4.78 is 0. The molecule has 9 heteroatoms. The number of rotatable bonds is 3. The van der Waals surface area contributed by atoms with Crippen LogP contribution in [0.1, 0.15) is 29.8 Å². The van der Waals surface area contributed by atoms with Gasteiger partial charge >= 0.3 is 6.03 Å². The van der Waals surface area contributed by atoms with Crippen LogP contribution in [0.3, 0.4) is 0 Å². The molecule has 1 aliphatic carbocycles. The van der Waals surface area contributed by atoms with Crippen molar-refractivity contribution >= 4 is 29.4 Å². The van der Waals surface area contributed by atoms with Crippen LogP contribution in [0.25, 0.3) is 0 Å². The van der Waals surface area contributed by atoms with Crippen LogP contribution in [0.2, 0.25) is 0 Å². The highest BCUT2D eigenvalue weighted by molar-refractivity contribution is 6.04. The van der Waals surface area contributed by atoms with Crippen molar-refractivity contribution in [2.45, 2.75) is 31.3 Å². The Balaban J connectivity index is 1.47. The molecule has 0 unspecified atom stereocenters. The lowest BCUT2D eigenvalue weighted by Crippen LogP contribution is -2.48. The first-order valence-corrected chi connectivity index (χ1v) is 9.13. The van der Waals surface area contributed by atoms with Gasteiger partial charge < -0.3 is 10.2 Å². The van der Waals surface area contributed by atoms with Crippen LogP contribution in [-0.4, -0.2) is 52.1 Å². The van der Waals surface area contributed by atoms with Crippen LogP contribution in [0, 0.1) is 0 Å². The number of carbonyl (C=O) groups excluding carboxylic acids is 2. The zero-order chi connectivity index (χ0) is 18.4. The molecule has 0 aromatic carbocycles. The lowest BCUT2D eigenvalue weighted by atomic mass is 10.1. The minimum absolute atomic E-state index is 0.00968. The maximum absolute atomic E-state index is 13.0. The summed E-state index contributed by atoms with van der Waals surface area (Å²) in [6.45, 7) is 1.62. The minimum Gasteiger partial charge on any atom is -0.366 e. The Morgan fingerprint density at radius 1 is 1.11 bits per heavy atom. The van der Waals surface area contributed by atoms with E-state index in [0.29, 0.717) is 11.5 Å². The number of urea groups is 1. The van der Waals surface area contributed by atoms with Gasteiger partial charge in [0, 0.05) is 31.5 Å². The molecule has 4 heterocycles. The molecule has 3 amide bonds. The van der Waals surface area contributed by atoms with E-state index in [4.69, 9.17) is 0 Å². The number of amides is 3. The number of pyridine rings is 1. The van der Waals surface area contributed by atoms with Gasteiger partial charge in [0.15, 0.2) is 5.82 Å². The van der Waals surface area contributed by atoms with Crippen LogP contribution >= 0.6 is 0 Å². The van der Waals surface area contributed by atoms with Crippen molar-refractivity contribution in [1.29, 1.82) is 0 Å². The molecule has 1 atom stereocenters. The Morgan fingerprint density at radius 3 is 2.70 bits per heavy atom. The van der Waals surface area contributed by atoms with Gasteiger partial charge in [-0.3, -0.25) is 15.0 Å². The summed E-state index contributed by atoms with van der Waals surface area (Å²) in [7, 11) is 0. The van der Waals surface area contributed by atoms with Gasteiger partial charge in [-0.1, -0.05) is 0 Å². The van der Waals surface area contributed by atoms with Gasteiger partial charge in [-0.2, -0.15) is 0 Å². The number of fused-ring (bicyclic) bond motifs is 4. The molecule has 1 saturated carbocycles. The number of nitrogens with zero attached hydrogens (tertiary/aromatic N) is 5. The highest BCUT2D eigenvalue weighted by atomic mass is 16.2. The Labute approximate surface area is 155 Å². The highest BCUT2D eigenvalue weighted by Crippen LogP contribution is 2.39. The van der Waals surface area contributed by atoms with Gasteiger partial charge in [0.05, 0.1) is 11.7 Å².